The largest absolute Gasteiger partial charge is 0.344 e. The zero-order chi connectivity index (χ0) is 15.8. The van der Waals surface area contributed by atoms with Crippen molar-refractivity contribution in [2.75, 3.05) is 0 Å². The minimum atomic E-state index is -0.241. The molecule has 23 heavy (non-hydrogen) atoms. The average Bonchev–Trinajstić information content (AvgIpc) is 2.98. The van der Waals surface area contributed by atoms with E-state index in [9.17, 15) is 9.59 Å². The number of hydrogen-bond acceptors (Lipinski definition) is 2. The van der Waals surface area contributed by atoms with E-state index in [1.807, 2.05) is 30.3 Å². The highest BCUT2D eigenvalue weighted by Crippen LogP contribution is 2.30. The predicted molar refractivity (Wildman–Crippen MR) is 89.5 cm³/mol. The number of carbonyl (C=O) groups excluding carboxylic acids is 1. The summed E-state index contributed by atoms with van der Waals surface area (Å²) in [5.74, 6) is -0.241. The summed E-state index contributed by atoms with van der Waals surface area (Å²) < 4.78 is 0. The number of aromatic nitrogens is 1. The lowest BCUT2D eigenvalue weighted by atomic mass is 10.1. The molecule has 4 nitrogen and oxygen atoms in total. The van der Waals surface area contributed by atoms with Gasteiger partial charge in [0.15, 0.2) is 0 Å². The maximum atomic E-state index is 12.5. The average molecular weight is 304 g/mol. The third kappa shape index (κ3) is 2.42. The van der Waals surface area contributed by atoms with Crippen molar-refractivity contribution in [1.29, 1.82) is 0 Å². The van der Waals surface area contributed by atoms with Crippen molar-refractivity contribution >= 4 is 16.7 Å². The van der Waals surface area contributed by atoms with Crippen molar-refractivity contribution in [3.63, 3.8) is 0 Å². The Morgan fingerprint density at radius 3 is 2.78 bits per heavy atom. The fourth-order valence-corrected chi connectivity index (χ4v) is 3.28. The van der Waals surface area contributed by atoms with Gasteiger partial charge in [-0.25, -0.2) is 0 Å². The van der Waals surface area contributed by atoms with Gasteiger partial charge < -0.3 is 10.3 Å². The van der Waals surface area contributed by atoms with Crippen LogP contribution in [0.4, 0.5) is 0 Å². The van der Waals surface area contributed by atoms with Crippen molar-refractivity contribution < 1.29 is 4.79 Å². The Labute approximate surface area is 133 Å². The van der Waals surface area contributed by atoms with E-state index in [-0.39, 0.29) is 17.5 Å². The molecule has 1 atom stereocenters. The van der Waals surface area contributed by atoms with Gasteiger partial charge in [-0.3, -0.25) is 9.59 Å². The highest BCUT2D eigenvalue weighted by atomic mass is 16.2. The van der Waals surface area contributed by atoms with Crippen LogP contribution in [0.2, 0.25) is 0 Å². The summed E-state index contributed by atoms with van der Waals surface area (Å²) in [4.78, 5) is 27.3. The smallest absolute Gasteiger partial charge is 0.268 e. The molecule has 1 aliphatic rings. The summed E-state index contributed by atoms with van der Waals surface area (Å²) in [6, 6.07) is 17.2. The molecule has 0 aliphatic heterocycles. The highest BCUT2D eigenvalue weighted by Gasteiger charge is 2.24. The SMILES string of the molecule is O=C(N[C@H]1CCc2ccccc21)c1cc2ccccc2c(=O)[nH]1. The molecule has 0 saturated heterocycles. The third-order valence-corrected chi connectivity index (χ3v) is 4.44. The van der Waals surface area contributed by atoms with E-state index in [0.717, 1.165) is 18.2 Å². The molecule has 1 aromatic heterocycles. The van der Waals surface area contributed by atoms with E-state index in [1.165, 1.54) is 11.1 Å². The van der Waals surface area contributed by atoms with Gasteiger partial charge >= 0.3 is 0 Å². The minimum absolute atomic E-state index is 0.00803. The number of fused-ring (bicyclic) bond motifs is 2. The van der Waals surface area contributed by atoms with Crippen molar-refractivity contribution in [2.24, 2.45) is 0 Å². The van der Waals surface area contributed by atoms with E-state index < -0.39 is 0 Å². The molecule has 114 valence electrons. The van der Waals surface area contributed by atoms with Crippen LogP contribution in [0, 0.1) is 0 Å². The van der Waals surface area contributed by atoms with Gasteiger partial charge in [0, 0.05) is 5.39 Å². The van der Waals surface area contributed by atoms with Crippen molar-refractivity contribution in [3.8, 4) is 0 Å². The molecule has 3 aromatic rings. The molecule has 2 N–H and O–H groups in total. The second kappa shape index (κ2) is 5.39. The van der Waals surface area contributed by atoms with E-state index in [1.54, 1.807) is 12.1 Å². The van der Waals surface area contributed by atoms with E-state index in [0.29, 0.717) is 11.1 Å². The summed E-state index contributed by atoms with van der Waals surface area (Å²) in [6.45, 7) is 0. The lowest BCUT2D eigenvalue weighted by molar-refractivity contribution is 0.0931. The van der Waals surface area contributed by atoms with Gasteiger partial charge in [-0.2, -0.15) is 0 Å². The van der Waals surface area contributed by atoms with Crippen molar-refractivity contribution in [1.82, 2.24) is 10.3 Å². The molecule has 2 aromatic carbocycles. The van der Waals surface area contributed by atoms with Crippen LogP contribution in [-0.2, 0) is 6.42 Å². The van der Waals surface area contributed by atoms with Crippen LogP contribution < -0.4 is 10.9 Å². The Morgan fingerprint density at radius 1 is 1.09 bits per heavy atom. The predicted octanol–water partition coefficient (Wildman–Crippen LogP) is 2.95. The monoisotopic (exact) mass is 304 g/mol. The Balaban J connectivity index is 1.64. The Hall–Kier alpha value is -2.88. The summed E-state index contributed by atoms with van der Waals surface area (Å²) in [7, 11) is 0. The van der Waals surface area contributed by atoms with Gasteiger partial charge in [0.05, 0.1) is 6.04 Å². The first-order chi connectivity index (χ1) is 11.2. The van der Waals surface area contributed by atoms with E-state index in [2.05, 4.69) is 22.4 Å². The summed E-state index contributed by atoms with van der Waals surface area (Å²) >= 11 is 0. The molecular formula is C19H16N2O2. The number of aromatic amines is 1. The number of H-pyrrole nitrogens is 1. The molecule has 1 aliphatic carbocycles. The first kappa shape index (κ1) is 13.8. The summed E-state index contributed by atoms with van der Waals surface area (Å²) in [6.07, 6.45) is 1.86. The second-order valence-corrected chi connectivity index (χ2v) is 5.86. The lowest BCUT2D eigenvalue weighted by Gasteiger charge is -2.14. The minimum Gasteiger partial charge on any atom is -0.344 e. The fourth-order valence-electron chi connectivity index (χ4n) is 3.28. The Bertz CT molecular complexity index is 959. The second-order valence-electron chi connectivity index (χ2n) is 5.86. The van der Waals surface area contributed by atoms with Gasteiger partial charge in [-0.05, 0) is 41.5 Å². The number of benzene rings is 2. The number of carbonyl (C=O) groups is 1. The molecule has 0 radical (unpaired) electrons. The number of pyridine rings is 1. The molecule has 0 spiro atoms. The normalized spacial score (nSPS) is 16.3. The van der Waals surface area contributed by atoms with Crippen LogP contribution >= 0.6 is 0 Å². The molecule has 0 saturated carbocycles. The van der Waals surface area contributed by atoms with E-state index >= 15 is 0 Å². The molecule has 0 unspecified atom stereocenters. The van der Waals surface area contributed by atoms with Crippen LogP contribution in [0.3, 0.4) is 0 Å². The maximum Gasteiger partial charge on any atom is 0.268 e. The molecule has 0 fully saturated rings. The number of hydrogen-bond donors (Lipinski definition) is 2. The van der Waals surface area contributed by atoms with Crippen molar-refractivity contribution in [3.05, 3.63) is 81.8 Å². The number of amides is 1. The zero-order valence-electron chi connectivity index (χ0n) is 12.5. The molecule has 4 rings (SSSR count). The quantitative estimate of drug-likeness (QED) is 0.764. The summed E-state index contributed by atoms with van der Waals surface area (Å²) in [5, 5.41) is 4.40. The van der Waals surface area contributed by atoms with E-state index in [4.69, 9.17) is 0 Å². The first-order valence-corrected chi connectivity index (χ1v) is 7.73. The summed E-state index contributed by atoms with van der Waals surface area (Å²) in [5.41, 5.74) is 2.52. The molecule has 1 amide bonds. The molecule has 4 heteroatoms. The van der Waals surface area contributed by atoms with Crippen LogP contribution in [0.15, 0.2) is 59.4 Å². The topological polar surface area (TPSA) is 62.0 Å². The molecule has 0 bridgehead atoms. The van der Waals surface area contributed by atoms with Gasteiger partial charge in [-0.15, -0.1) is 0 Å². The van der Waals surface area contributed by atoms with Crippen LogP contribution in [0.5, 0.6) is 0 Å². The standard InChI is InChI=1S/C19H16N2O2/c22-18-15-8-4-2-6-13(15)11-17(21-18)19(23)20-16-10-9-12-5-1-3-7-14(12)16/h1-8,11,16H,9-10H2,(H,20,23)(H,21,22)/t16-/m0/s1. The Morgan fingerprint density at radius 2 is 1.87 bits per heavy atom. The lowest BCUT2D eigenvalue weighted by Crippen LogP contribution is -2.29. The highest BCUT2D eigenvalue weighted by molar-refractivity contribution is 5.96. The number of rotatable bonds is 2. The van der Waals surface area contributed by atoms with Crippen LogP contribution in [0.1, 0.15) is 34.1 Å². The van der Waals surface area contributed by atoms with Crippen LogP contribution in [-0.4, -0.2) is 10.9 Å². The van der Waals surface area contributed by atoms with Crippen molar-refractivity contribution in [2.45, 2.75) is 18.9 Å². The first-order valence-electron chi connectivity index (χ1n) is 7.73. The number of nitrogens with one attached hydrogen (secondary N) is 2. The molecular weight excluding hydrogens is 288 g/mol. The Kier molecular flexibility index (Phi) is 3.23. The third-order valence-electron chi connectivity index (χ3n) is 4.44. The zero-order valence-corrected chi connectivity index (χ0v) is 12.5. The maximum absolute atomic E-state index is 12.5. The number of aryl methyl sites for hydroxylation is 1. The van der Waals surface area contributed by atoms with Crippen LogP contribution in [0.25, 0.3) is 10.8 Å². The van der Waals surface area contributed by atoms with Gasteiger partial charge in [0.25, 0.3) is 11.5 Å². The fraction of sp³-hybridized carbons (Fsp3) is 0.158. The van der Waals surface area contributed by atoms with Gasteiger partial charge in [0.1, 0.15) is 5.69 Å². The van der Waals surface area contributed by atoms with Gasteiger partial charge in [-0.1, -0.05) is 42.5 Å². The van der Waals surface area contributed by atoms with Gasteiger partial charge in [0.2, 0.25) is 0 Å². The molecule has 1 heterocycles.